The third-order valence-electron chi connectivity index (χ3n) is 3.53. The van der Waals surface area contributed by atoms with Gasteiger partial charge in [-0.2, -0.15) is 0 Å². The molecule has 1 aromatic heterocycles. The Morgan fingerprint density at radius 2 is 1.79 bits per heavy atom. The highest BCUT2D eigenvalue weighted by Gasteiger charge is 2.18. The summed E-state index contributed by atoms with van der Waals surface area (Å²) < 4.78 is 0. The largest absolute Gasteiger partial charge is 0.508 e. The van der Waals surface area contributed by atoms with Crippen LogP contribution in [0.5, 0.6) is 5.75 Å². The quantitative estimate of drug-likeness (QED) is 0.893. The van der Waals surface area contributed by atoms with Crippen molar-refractivity contribution in [1.29, 1.82) is 0 Å². The molecule has 1 saturated carbocycles. The molecule has 0 aliphatic heterocycles. The van der Waals surface area contributed by atoms with Crippen LogP contribution in [0.1, 0.15) is 25.7 Å². The molecule has 98 valence electrons. The Bertz CT molecular complexity index is 547. The van der Waals surface area contributed by atoms with Crippen LogP contribution in [0.2, 0.25) is 0 Å². The lowest BCUT2D eigenvalue weighted by Gasteiger charge is -2.12. The van der Waals surface area contributed by atoms with E-state index in [1.807, 2.05) is 36.2 Å². The van der Waals surface area contributed by atoms with Crippen molar-refractivity contribution in [3.8, 4) is 16.9 Å². The van der Waals surface area contributed by atoms with Gasteiger partial charge in [0.2, 0.25) is 0 Å². The number of aromatic nitrogens is 1. The number of hydrogen-bond acceptors (Lipinski definition) is 3. The van der Waals surface area contributed by atoms with Crippen molar-refractivity contribution in [3.05, 3.63) is 42.6 Å². The molecule has 0 atom stereocenters. The van der Waals surface area contributed by atoms with Gasteiger partial charge in [-0.1, -0.05) is 31.0 Å². The fourth-order valence-electron chi connectivity index (χ4n) is 2.51. The van der Waals surface area contributed by atoms with Crippen molar-refractivity contribution in [2.75, 3.05) is 0 Å². The first kappa shape index (κ1) is 12.5. The summed E-state index contributed by atoms with van der Waals surface area (Å²) in [6.07, 6.45) is 7.16. The van der Waals surface area contributed by atoms with Gasteiger partial charge in [0.25, 0.3) is 0 Å². The lowest BCUT2D eigenvalue weighted by Crippen LogP contribution is -1.96. The molecule has 2 nitrogen and oxygen atoms in total. The Morgan fingerprint density at radius 1 is 1.05 bits per heavy atom. The third kappa shape index (κ3) is 2.92. The Labute approximate surface area is 117 Å². The monoisotopic (exact) mass is 271 g/mol. The molecule has 1 aliphatic rings. The van der Waals surface area contributed by atoms with Gasteiger partial charge >= 0.3 is 0 Å². The highest BCUT2D eigenvalue weighted by atomic mass is 32.2. The van der Waals surface area contributed by atoms with E-state index in [-0.39, 0.29) is 0 Å². The normalized spacial score (nSPS) is 15.8. The molecule has 0 radical (unpaired) electrons. The molecule has 1 fully saturated rings. The van der Waals surface area contributed by atoms with E-state index in [1.54, 1.807) is 12.1 Å². The number of benzene rings is 1. The predicted octanol–water partition coefficient (Wildman–Crippen LogP) is 4.49. The summed E-state index contributed by atoms with van der Waals surface area (Å²) in [6.45, 7) is 0. The zero-order valence-electron chi connectivity index (χ0n) is 10.7. The molecule has 2 aromatic rings. The summed E-state index contributed by atoms with van der Waals surface area (Å²) in [5, 5.41) is 11.2. The van der Waals surface area contributed by atoms with Crippen LogP contribution in [0, 0.1) is 0 Å². The van der Waals surface area contributed by atoms with Crippen molar-refractivity contribution in [3.63, 3.8) is 0 Å². The highest BCUT2D eigenvalue weighted by Crippen LogP contribution is 2.38. The van der Waals surface area contributed by atoms with Gasteiger partial charge in [-0.15, -0.1) is 11.8 Å². The number of hydrogen-bond donors (Lipinski definition) is 1. The predicted molar refractivity (Wildman–Crippen MR) is 79.5 cm³/mol. The molecule has 0 bridgehead atoms. The number of aromatic hydroxyl groups is 1. The van der Waals surface area contributed by atoms with E-state index in [0.717, 1.165) is 10.6 Å². The average Bonchev–Trinajstić information content (AvgIpc) is 2.93. The first-order valence-electron chi connectivity index (χ1n) is 6.74. The molecule has 3 rings (SSSR count). The smallest absolute Gasteiger partial charge is 0.115 e. The molecular weight excluding hydrogens is 254 g/mol. The maximum absolute atomic E-state index is 9.38. The van der Waals surface area contributed by atoms with Crippen LogP contribution in [0.4, 0.5) is 0 Å². The van der Waals surface area contributed by atoms with Crippen molar-refractivity contribution < 1.29 is 5.11 Å². The first-order chi connectivity index (χ1) is 9.33. The van der Waals surface area contributed by atoms with E-state index < -0.39 is 0 Å². The van der Waals surface area contributed by atoms with Crippen molar-refractivity contribution in [1.82, 2.24) is 4.98 Å². The van der Waals surface area contributed by atoms with Gasteiger partial charge in [0.1, 0.15) is 10.8 Å². The zero-order chi connectivity index (χ0) is 13.1. The van der Waals surface area contributed by atoms with Crippen molar-refractivity contribution in [2.45, 2.75) is 36.0 Å². The Kier molecular flexibility index (Phi) is 3.74. The minimum absolute atomic E-state index is 0.303. The number of thioether (sulfide) groups is 1. The summed E-state index contributed by atoms with van der Waals surface area (Å²) in [5.41, 5.74) is 2.28. The standard InChI is InChI=1S/C16H17NOS/c18-13-9-7-12(8-10-13)15-6-3-11-17-16(15)19-14-4-1-2-5-14/h3,6-11,14,18H,1-2,4-5H2. The molecule has 3 heteroatoms. The highest BCUT2D eigenvalue weighted by molar-refractivity contribution is 8.00. The van der Waals surface area contributed by atoms with E-state index in [4.69, 9.17) is 0 Å². The Hall–Kier alpha value is -1.48. The number of pyridine rings is 1. The third-order valence-corrected chi connectivity index (χ3v) is 4.88. The van der Waals surface area contributed by atoms with E-state index in [2.05, 4.69) is 11.1 Å². The van der Waals surface area contributed by atoms with Crippen LogP contribution in [0.15, 0.2) is 47.6 Å². The second-order valence-corrected chi connectivity index (χ2v) is 6.22. The van der Waals surface area contributed by atoms with Gasteiger partial charge in [-0.25, -0.2) is 4.98 Å². The minimum Gasteiger partial charge on any atom is -0.508 e. The van der Waals surface area contributed by atoms with Gasteiger partial charge in [0.05, 0.1) is 0 Å². The molecule has 1 aromatic carbocycles. The molecular formula is C16H17NOS. The Morgan fingerprint density at radius 3 is 2.53 bits per heavy atom. The lowest BCUT2D eigenvalue weighted by molar-refractivity contribution is 0.475. The van der Waals surface area contributed by atoms with E-state index >= 15 is 0 Å². The van der Waals surface area contributed by atoms with Gasteiger partial charge in [-0.3, -0.25) is 0 Å². The second kappa shape index (κ2) is 5.66. The molecule has 19 heavy (non-hydrogen) atoms. The molecule has 1 N–H and O–H groups in total. The Balaban J connectivity index is 1.90. The van der Waals surface area contributed by atoms with Gasteiger partial charge in [0, 0.05) is 17.0 Å². The van der Waals surface area contributed by atoms with Gasteiger partial charge in [-0.05, 0) is 36.6 Å². The maximum Gasteiger partial charge on any atom is 0.115 e. The van der Waals surface area contributed by atoms with Crippen LogP contribution in [0.25, 0.3) is 11.1 Å². The average molecular weight is 271 g/mol. The summed E-state index contributed by atoms with van der Waals surface area (Å²) in [5.74, 6) is 0.303. The van der Waals surface area contributed by atoms with Crippen LogP contribution < -0.4 is 0 Å². The van der Waals surface area contributed by atoms with Crippen LogP contribution in [0.3, 0.4) is 0 Å². The number of nitrogens with zero attached hydrogens (tertiary/aromatic N) is 1. The number of rotatable bonds is 3. The van der Waals surface area contributed by atoms with Gasteiger partial charge in [0.15, 0.2) is 0 Å². The molecule has 1 heterocycles. The van der Waals surface area contributed by atoms with Crippen LogP contribution >= 0.6 is 11.8 Å². The fraction of sp³-hybridized carbons (Fsp3) is 0.312. The van der Waals surface area contributed by atoms with E-state index in [0.29, 0.717) is 11.0 Å². The lowest BCUT2D eigenvalue weighted by atomic mass is 10.1. The molecule has 0 unspecified atom stereocenters. The zero-order valence-corrected chi connectivity index (χ0v) is 11.6. The minimum atomic E-state index is 0.303. The van der Waals surface area contributed by atoms with E-state index in [1.165, 1.54) is 31.2 Å². The number of phenolic OH excluding ortho intramolecular Hbond substituents is 1. The molecule has 0 saturated heterocycles. The first-order valence-corrected chi connectivity index (χ1v) is 7.62. The van der Waals surface area contributed by atoms with Crippen LogP contribution in [-0.4, -0.2) is 15.3 Å². The van der Waals surface area contributed by atoms with Crippen molar-refractivity contribution >= 4 is 11.8 Å². The van der Waals surface area contributed by atoms with E-state index in [9.17, 15) is 5.11 Å². The maximum atomic E-state index is 9.38. The molecule has 1 aliphatic carbocycles. The van der Waals surface area contributed by atoms with Gasteiger partial charge < -0.3 is 5.11 Å². The second-order valence-electron chi connectivity index (χ2n) is 4.93. The summed E-state index contributed by atoms with van der Waals surface area (Å²) in [6, 6.07) is 11.4. The topological polar surface area (TPSA) is 33.1 Å². The summed E-state index contributed by atoms with van der Waals surface area (Å²) in [4.78, 5) is 4.54. The fourth-order valence-corrected chi connectivity index (χ4v) is 3.83. The number of phenols is 1. The molecule has 0 amide bonds. The van der Waals surface area contributed by atoms with Crippen LogP contribution in [-0.2, 0) is 0 Å². The molecule has 0 spiro atoms. The van der Waals surface area contributed by atoms with Crippen molar-refractivity contribution in [2.24, 2.45) is 0 Å². The SMILES string of the molecule is Oc1ccc(-c2cccnc2SC2CCCC2)cc1. The summed E-state index contributed by atoms with van der Waals surface area (Å²) >= 11 is 1.90. The summed E-state index contributed by atoms with van der Waals surface area (Å²) in [7, 11) is 0.